The van der Waals surface area contributed by atoms with Gasteiger partial charge in [-0.1, -0.05) is 11.8 Å². The molecule has 23 heavy (non-hydrogen) atoms. The maximum Gasteiger partial charge on any atom is 0.255 e. The van der Waals surface area contributed by atoms with Gasteiger partial charge < -0.3 is 14.8 Å². The smallest absolute Gasteiger partial charge is 0.255 e. The highest BCUT2D eigenvalue weighted by Gasteiger charge is 2.16. The second kappa shape index (κ2) is 5.75. The lowest BCUT2D eigenvalue weighted by atomic mass is 10.2. The number of nitrogens with zero attached hydrogens (tertiary/aromatic N) is 1. The number of carbonyl (C=O) groups is 1. The number of aromatic nitrogens is 1. The summed E-state index contributed by atoms with van der Waals surface area (Å²) in [5.74, 6) is 1.08. The summed E-state index contributed by atoms with van der Waals surface area (Å²) in [4.78, 5) is 16.9. The van der Waals surface area contributed by atoms with E-state index in [4.69, 9.17) is 9.47 Å². The summed E-state index contributed by atoms with van der Waals surface area (Å²) in [7, 11) is 0. The van der Waals surface area contributed by atoms with Crippen LogP contribution in [0.5, 0.6) is 11.5 Å². The van der Waals surface area contributed by atoms with Gasteiger partial charge in [-0.15, -0.1) is 11.3 Å². The van der Waals surface area contributed by atoms with Crippen molar-refractivity contribution < 1.29 is 14.3 Å². The van der Waals surface area contributed by atoms with E-state index in [1.165, 1.54) is 0 Å². The van der Waals surface area contributed by atoms with Crippen LogP contribution in [-0.4, -0.2) is 23.9 Å². The van der Waals surface area contributed by atoms with E-state index in [9.17, 15) is 4.79 Å². The molecule has 0 fully saturated rings. The molecule has 0 saturated carbocycles. The lowest BCUT2D eigenvalue weighted by molar-refractivity contribution is 0.102. The fourth-order valence-corrected chi connectivity index (χ4v) is 3.84. The Kier molecular flexibility index (Phi) is 3.59. The first-order valence-electron chi connectivity index (χ1n) is 6.88. The molecule has 5 nitrogen and oxygen atoms in total. The van der Waals surface area contributed by atoms with Gasteiger partial charge in [0.2, 0.25) is 6.79 Å². The molecule has 2 aromatic carbocycles. The Bertz CT molecular complexity index is 907. The normalized spacial score (nSPS) is 12.6. The quantitative estimate of drug-likeness (QED) is 0.728. The van der Waals surface area contributed by atoms with Crippen LogP contribution >= 0.6 is 23.1 Å². The van der Waals surface area contributed by atoms with Crippen LogP contribution in [0.15, 0.2) is 40.7 Å². The summed E-state index contributed by atoms with van der Waals surface area (Å²) >= 11 is 3.23. The number of hydrogen-bond acceptors (Lipinski definition) is 6. The van der Waals surface area contributed by atoms with Gasteiger partial charge in [0.25, 0.3) is 5.91 Å². The molecule has 0 aliphatic carbocycles. The number of hydrogen-bond donors (Lipinski definition) is 1. The number of rotatable bonds is 3. The zero-order chi connectivity index (χ0) is 15.8. The van der Waals surface area contributed by atoms with E-state index in [2.05, 4.69) is 10.3 Å². The average molecular weight is 344 g/mol. The highest BCUT2D eigenvalue weighted by Crippen LogP contribution is 2.33. The third kappa shape index (κ3) is 2.73. The van der Waals surface area contributed by atoms with Gasteiger partial charge in [-0.3, -0.25) is 4.79 Å². The molecule has 0 spiro atoms. The molecule has 1 amide bonds. The second-order valence-electron chi connectivity index (χ2n) is 4.89. The Morgan fingerprint density at radius 2 is 2.09 bits per heavy atom. The van der Waals surface area contributed by atoms with E-state index in [-0.39, 0.29) is 12.7 Å². The molecule has 7 heteroatoms. The third-order valence-corrected chi connectivity index (χ3v) is 5.44. The molecule has 0 radical (unpaired) electrons. The first-order chi connectivity index (χ1) is 11.2. The lowest BCUT2D eigenvalue weighted by Gasteiger charge is -2.06. The predicted molar refractivity (Wildman–Crippen MR) is 91.9 cm³/mol. The highest BCUT2D eigenvalue weighted by molar-refractivity contribution is 8.00. The van der Waals surface area contributed by atoms with Crippen LogP contribution in [0.2, 0.25) is 0 Å². The summed E-state index contributed by atoms with van der Waals surface area (Å²) < 4.78 is 12.6. The van der Waals surface area contributed by atoms with Crippen molar-refractivity contribution in [1.29, 1.82) is 0 Å². The molecule has 2 heterocycles. The van der Waals surface area contributed by atoms with Crippen LogP contribution in [0.25, 0.3) is 10.2 Å². The van der Waals surface area contributed by atoms with E-state index in [1.54, 1.807) is 41.3 Å². The number of thiazole rings is 1. The van der Waals surface area contributed by atoms with Gasteiger partial charge in [-0.2, -0.15) is 0 Å². The SMILES string of the molecule is CSc1nc2ccc(NC(=O)c3ccc4c(c3)OCO4)cc2s1. The molecule has 0 atom stereocenters. The minimum atomic E-state index is -0.183. The zero-order valence-electron chi connectivity index (χ0n) is 12.2. The maximum absolute atomic E-state index is 12.4. The number of benzene rings is 2. The summed E-state index contributed by atoms with van der Waals surface area (Å²) in [5, 5.41) is 2.91. The average Bonchev–Trinajstić information content (AvgIpc) is 3.19. The van der Waals surface area contributed by atoms with Crippen molar-refractivity contribution in [2.24, 2.45) is 0 Å². The van der Waals surface area contributed by atoms with Crippen molar-refractivity contribution >= 4 is 44.9 Å². The summed E-state index contributed by atoms with van der Waals surface area (Å²) in [6.07, 6.45) is 2.00. The molecule has 1 aromatic heterocycles. The Morgan fingerprint density at radius 1 is 1.22 bits per heavy atom. The minimum Gasteiger partial charge on any atom is -0.454 e. The van der Waals surface area contributed by atoms with Crippen molar-refractivity contribution in [2.45, 2.75) is 4.34 Å². The molecule has 0 saturated heterocycles. The Labute approximate surface area is 140 Å². The van der Waals surface area contributed by atoms with Gasteiger partial charge in [-0.25, -0.2) is 4.98 Å². The minimum absolute atomic E-state index is 0.183. The second-order valence-corrected chi connectivity index (χ2v) is 6.97. The van der Waals surface area contributed by atoms with Crippen LogP contribution < -0.4 is 14.8 Å². The number of fused-ring (bicyclic) bond motifs is 2. The van der Waals surface area contributed by atoms with Crippen molar-refractivity contribution in [3.8, 4) is 11.5 Å². The molecule has 1 aliphatic rings. The number of ether oxygens (including phenoxy) is 2. The van der Waals surface area contributed by atoms with Gasteiger partial charge in [0.05, 0.1) is 10.2 Å². The maximum atomic E-state index is 12.4. The lowest BCUT2D eigenvalue weighted by Crippen LogP contribution is -2.11. The first-order valence-corrected chi connectivity index (χ1v) is 8.92. The first kappa shape index (κ1) is 14.3. The number of amides is 1. The van der Waals surface area contributed by atoms with Crippen LogP contribution in [0.1, 0.15) is 10.4 Å². The summed E-state index contributed by atoms with van der Waals surface area (Å²) in [5.41, 5.74) is 2.22. The van der Waals surface area contributed by atoms with Crippen LogP contribution in [-0.2, 0) is 0 Å². The highest BCUT2D eigenvalue weighted by atomic mass is 32.2. The molecule has 1 aliphatic heterocycles. The molecule has 0 bridgehead atoms. The number of thioether (sulfide) groups is 1. The molecule has 116 valence electrons. The molecule has 1 N–H and O–H groups in total. The van der Waals surface area contributed by atoms with Gasteiger partial charge in [0.15, 0.2) is 15.8 Å². The monoisotopic (exact) mass is 344 g/mol. The third-order valence-electron chi connectivity index (χ3n) is 3.44. The van der Waals surface area contributed by atoms with Gasteiger partial charge in [0, 0.05) is 11.3 Å². The van der Waals surface area contributed by atoms with Crippen LogP contribution in [0, 0.1) is 0 Å². The number of carbonyl (C=O) groups excluding carboxylic acids is 1. The fraction of sp³-hybridized carbons (Fsp3) is 0.125. The van der Waals surface area contributed by atoms with Crippen molar-refractivity contribution in [3.63, 3.8) is 0 Å². The number of nitrogens with one attached hydrogen (secondary N) is 1. The van der Waals surface area contributed by atoms with E-state index < -0.39 is 0 Å². The van der Waals surface area contributed by atoms with Gasteiger partial charge >= 0.3 is 0 Å². The van der Waals surface area contributed by atoms with Gasteiger partial charge in [-0.05, 0) is 42.7 Å². The van der Waals surface area contributed by atoms with Crippen molar-refractivity contribution in [1.82, 2.24) is 4.98 Å². The van der Waals surface area contributed by atoms with Crippen molar-refractivity contribution in [2.75, 3.05) is 18.4 Å². The standard InChI is InChI=1S/C16H12N2O3S2/c1-22-16-18-11-4-3-10(7-14(11)23-16)17-15(19)9-2-5-12-13(6-9)21-8-20-12/h2-7H,8H2,1H3,(H,17,19). The Hall–Kier alpha value is -2.25. The van der Waals surface area contributed by atoms with E-state index in [0.29, 0.717) is 17.1 Å². The number of anilines is 1. The largest absolute Gasteiger partial charge is 0.454 e. The van der Waals surface area contributed by atoms with Gasteiger partial charge in [0.1, 0.15) is 0 Å². The zero-order valence-corrected chi connectivity index (χ0v) is 13.8. The van der Waals surface area contributed by atoms with E-state index in [0.717, 1.165) is 20.2 Å². The van der Waals surface area contributed by atoms with Crippen LogP contribution in [0.4, 0.5) is 5.69 Å². The molecule has 0 unspecified atom stereocenters. The molecular formula is C16H12N2O3S2. The molecule has 4 rings (SSSR count). The van der Waals surface area contributed by atoms with Crippen molar-refractivity contribution in [3.05, 3.63) is 42.0 Å². The fourth-order valence-electron chi connectivity index (χ4n) is 2.31. The predicted octanol–water partition coefficient (Wildman–Crippen LogP) is 4.00. The Balaban J connectivity index is 1.58. The van der Waals surface area contributed by atoms with E-state index in [1.807, 2.05) is 24.5 Å². The molecule has 3 aromatic rings. The Morgan fingerprint density at radius 3 is 2.96 bits per heavy atom. The van der Waals surface area contributed by atoms with E-state index >= 15 is 0 Å². The summed E-state index contributed by atoms with van der Waals surface area (Å²) in [6.45, 7) is 0.195. The van der Waals surface area contributed by atoms with Crippen LogP contribution in [0.3, 0.4) is 0 Å². The topological polar surface area (TPSA) is 60.5 Å². The molecular weight excluding hydrogens is 332 g/mol. The summed E-state index contributed by atoms with van der Waals surface area (Å²) in [6, 6.07) is 10.9.